The van der Waals surface area contributed by atoms with E-state index in [0.29, 0.717) is 5.41 Å². The van der Waals surface area contributed by atoms with Crippen molar-refractivity contribution in [2.24, 2.45) is 23.2 Å². The largest absolute Gasteiger partial charge is 0.0887 e. The quantitative estimate of drug-likeness (QED) is 0.566. The number of halogens is 1. The van der Waals surface area contributed by atoms with Crippen LogP contribution < -0.4 is 0 Å². The molecule has 100 valence electrons. The van der Waals surface area contributed by atoms with E-state index in [1.54, 1.807) is 0 Å². The molecule has 0 aliphatic heterocycles. The summed E-state index contributed by atoms with van der Waals surface area (Å²) in [6.45, 7) is 7.52. The highest BCUT2D eigenvalue weighted by molar-refractivity contribution is 9.09. The van der Waals surface area contributed by atoms with Crippen LogP contribution in [0.25, 0.3) is 0 Å². The lowest BCUT2D eigenvalue weighted by Crippen LogP contribution is -2.41. The van der Waals surface area contributed by atoms with Crippen molar-refractivity contribution in [1.82, 2.24) is 0 Å². The zero-order valence-corrected chi connectivity index (χ0v) is 13.4. The summed E-state index contributed by atoms with van der Waals surface area (Å²) in [6, 6.07) is 0. The molecule has 0 aromatic carbocycles. The van der Waals surface area contributed by atoms with Crippen LogP contribution in [0.5, 0.6) is 0 Å². The fourth-order valence-electron chi connectivity index (χ4n) is 4.30. The summed E-state index contributed by atoms with van der Waals surface area (Å²) in [4.78, 5) is 0.767. The summed E-state index contributed by atoms with van der Waals surface area (Å²) in [7, 11) is 0. The van der Waals surface area contributed by atoms with Gasteiger partial charge in [-0.05, 0) is 48.9 Å². The molecule has 0 spiro atoms. The van der Waals surface area contributed by atoms with Gasteiger partial charge in [0, 0.05) is 4.83 Å². The Bertz CT molecular complexity index is 240. The minimum atomic E-state index is 0.550. The molecule has 0 amide bonds. The van der Waals surface area contributed by atoms with E-state index in [2.05, 4.69) is 36.7 Å². The molecule has 2 aliphatic carbocycles. The van der Waals surface area contributed by atoms with Crippen LogP contribution in [0.15, 0.2) is 0 Å². The fraction of sp³-hybridized carbons (Fsp3) is 1.00. The summed E-state index contributed by atoms with van der Waals surface area (Å²) in [5.74, 6) is 2.81. The summed E-state index contributed by atoms with van der Waals surface area (Å²) in [5.41, 5.74) is 0.550. The first-order valence-electron chi connectivity index (χ1n) is 7.66. The van der Waals surface area contributed by atoms with Gasteiger partial charge >= 0.3 is 0 Å². The Balaban J connectivity index is 2.02. The van der Waals surface area contributed by atoms with Crippen LogP contribution in [-0.2, 0) is 0 Å². The first-order valence-corrected chi connectivity index (χ1v) is 8.57. The average Bonchev–Trinajstić information content (AvgIpc) is 2.29. The molecular weight excluding hydrogens is 272 g/mol. The van der Waals surface area contributed by atoms with E-state index in [4.69, 9.17) is 0 Å². The molecule has 2 rings (SSSR count). The molecule has 2 fully saturated rings. The first-order chi connectivity index (χ1) is 8.01. The Morgan fingerprint density at radius 1 is 0.941 bits per heavy atom. The van der Waals surface area contributed by atoms with E-state index >= 15 is 0 Å². The van der Waals surface area contributed by atoms with E-state index in [1.807, 2.05) is 0 Å². The Morgan fingerprint density at radius 2 is 1.59 bits per heavy atom. The highest BCUT2D eigenvalue weighted by atomic mass is 79.9. The third kappa shape index (κ3) is 3.08. The third-order valence-electron chi connectivity index (χ3n) is 5.65. The SMILES string of the molecule is CC1CCC(C(C)(C)C2CCCCC2)C(Br)C1. The zero-order chi connectivity index (χ0) is 12.5. The van der Waals surface area contributed by atoms with Crippen molar-refractivity contribution in [3.63, 3.8) is 0 Å². The Kier molecular flexibility index (Phi) is 4.61. The number of rotatable bonds is 2. The van der Waals surface area contributed by atoms with Gasteiger partial charge < -0.3 is 0 Å². The lowest BCUT2D eigenvalue weighted by Gasteiger charge is -2.47. The van der Waals surface area contributed by atoms with Gasteiger partial charge in [-0.15, -0.1) is 0 Å². The predicted molar refractivity (Wildman–Crippen MR) is 79.6 cm³/mol. The molecule has 0 aromatic rings. The van der Waals surface area contributed by atoms with Crippen molar-refractivity contribution in [3.05, 3.63) is 0 Å². The van der Waals surface area contributed by atoms with Gasteiger partial charge in [-0.1, -0.05) is 62.4 Å². The van der Waals surface area contributed by atoms with E-state index in [-0.39, 0.29) is 0 Å². The van der Waals surface area contributed by atoms with Crippen molar-refractivity contribution in [2.75, 3.05) is 0 Å². The van der Waals surface area contributed by atoms with Gasteiger partial charge in [-0.2, -0.15) is 0 Å². The minimum Gasteiger partial charge on any atom is -0.0887 e. The van der Waals surface area contributed by atoms with Crippen LogP contribution in [0.3, 0.4) is 0 Å². The molecule has 3 unspecified atom stereocenters. The van der Waals surface area contributed by atoms with Crippen molar-refractivity contribution in [3.8, 4) is 0 Å². The van der Waals surface area contributed by atoms with Crippen LogP contribution >= 0.6 is 15.9 Å². The number of hydrogen-bond acceptors (Lipinski definition) is 0. The van der Waals surface area contributed by atoms with E-state index in [1.165, 1.54) is 51.4 Å². The van der Waals surface area contributed by atoms with Crippen LogP contribution in [0, 0.1) is 23.2 Å². The maximum absolute atomic E-state index is 4.00. The summed E-state index contributed by atoms with van der Waals surface area (Å²) in [5, 5.41) is 0. The second-order valence-electron chi connectivity index (χ2n) is 7.20. The molecular formula is C16H29Br. The van der Waals surface area contributed by atoms with Gasteiger partial charge in [-0.25, -0.2) is 0 Å². The Hall–Kier alpha value is 0.480. The van der Waals surface area contributed by atoms with Gasteiger partial charge in [-0.3, -0.25) is 0 Å². The van der Waals surface area contributed by atoms with Gasteiger partial charge in [0.1, 0.15) is 0 Å². The molecule has 1 heteroatoms. The number of hydrogen-bond donors (Lipinski definition) is 0. The number of alkyl halides is 1. The molecule has 0 nitrogen and oxygen atoms in total. The molecule has 17 heavy (non-hydrogen) atoms. The summed E-state index contributed by atoms with van der Waals surface area (Å²) in [6.07, 6.45) is 11.7. The topological polar surface area (TPSA) is 0 Å². The average molecular weight is 301 g/mol. The molecule has 0 N–H and O–H groups in total. The Morgan fingerprint density at radius 3 is 2.18 bits per heavy atom. The Labute approximate surface area is 116 Å². The smallest absolute Gasteiger partial charge is 0.0181 e. The van der Waals surface area contributed by atoms with Crippen LogP contribution in [0.2, 0.25) is 0 Å². The maximum atomic E-state index is 4.00. The lowest BCUT2D eigenvalue weighted by atomic mass is 9.60. The van der Waals surface area contributed by atoms with Gasteiger partial charge in [0.05, 0.1) is 0 Å². The zero-order valence-electron chi connectivity index (χ0n) is 11.8. The van der Waals surface area contributed by atoms with E-state index in [9.17, 15) is 0 Å². The minimum absolute atomic E-state index is 0.550. The maximum Gasteiger partial charge on any atom is 0.0181 e. The van der Waals surface area contributed by atoms with Crippen molar-refractivity contribution >= 4 is 15.9 Å². The monoisotopic (exact) mass is 300 g/mol. The van der Waals surface area contributed by atoms with Gasteiger partial charge in [0.2, 0.25) is 0 Å². The molecule has 2 aliphatic rings. The standard InChI is InChI=1S/C16H29Br/c1-12-9-10-14(15(17)11-12)16(2,3)13-7-5-4-6-8-13/h12-15H,4-11H2,1-3H3. The summed E-state index contributed by atoms with van der Waals surface area (Å²) < 4.78 is 0. The normalized spacial score (nSPS) is 37.1. The third-order valence-corrected chi connectivity index (χ3v) is 6.66. The lowest BCUT2D eigenvalue weighted by molar-refractivity contribution is 0.0558. The second-order valence-corrected chi connectivity index (χ2v) is 8.37. The molecule has 0 heterocycles. The molecule has 0 saturated heterocycles. The van der Waals surface area contributed by atoms with Gasteiger partial charge in [0.15, 0.2) is 0 Å². The van der Waals surface area contributed by atoms with Gasteiger partial charge in [0.25, 0.3) is 0 Å². The molecule has 0 aromatic heterocycles. The van der Waals surface area contributed by atoms with Crippen molar-refractivity contribution in [1.29, 1.82) is 0 Å². The van der Waals surface area contributed by atoms with Crippen LogP contribution in [0.1, 0.15) is 72.1 Å². The van der Waals surface area contributed by atoms with Crippen molar-refractivity contribution < 1.29 is 0 Å². The van der Waals surface area contributed by atoms with E-state index < -0.39 is 0 Å². The fourth-order valence-corrected chi connectivity index (χ4v) is 5.88. The predicted octanol–water partition coefficient (Wildman–Crippen LogP) is 5.79. The first kappa shape index (κ1) is 13.9. The summed E-state index contributed by atoms with van der Waals surface area (Å²) >= 11 is 4.00. The van der Waals surface area contributed by atoms with Crippen LogP contribution in [0.4, 0.5) is 0 Å². The second kappa shape index (κ2) is 5.63. The highest BCUT2D eigenvalue weighted by Gasteiger charge is 2.42. The molecule has 3 atom stereocenters. The molecule has 0 bridgehead atoms. The molecule has 0 radical (unpaired) electrons. The van der Waals surface area contributed by atoms with E-state index in [0.717, 1.165) is 22.6 Å². The molecule has 2 saturated carbocycles. The van der Waals surface area contributed by atoms with Crippen molar-refractivity contribution in [2.45, 2.75) is 77.0 Å². The highest BCUT2D eigenvalue weighted by Crippen LogP contribution is 2.50. The van der Waals surface area contributed by atoms with Crippen LogP contribution in [-0.4, -0.2) is 4.83 Å².